The maximum atomic E-state index is 13.4. The van der Waals surface area contributed by atoms with Gasteiger partial charge in [0.05, 0.1) is 23.5 Å². The second kappa shape index (κ2) is 8.84. The van der Waals surface area contributed by atoms with Gasteiger partial charge < -0.3 is 23.6 Å². The summed E-state index contributed by atoms with van der Waals surface area (Å²) in [6.07, 6.45) is 3.70. The van der Waals surface area contributed by atoms with Crippen molar-refractivity contribution in [3.8, 4) is 22.8 Å². The van der Waals surface area contributed by atoms with E-state index < -0.39 is 17.9 Å². The Kier molecular flexibility index (Phi) is 5.25. The first kappa shape index (κ1) is 23.7. The third-order valence-corrected chi connectivity index (χ3v) is 7.38. The molecule has 2 aliphatic heterocycles. The number of esters is 1. The lowest BCUT2D eigenvalue weighted by Crippen LogP contribution is -2.21. The number of carbonyl (C=O) groups is 3. The first-order valence-corrected chi connectivity index (χ1v) is 12.7. The third kappa shape index (κ3) is 3.72. The molecule has 196 valence electrons. The molecule has 0 spiro atoms. The highest BCUT2D eigenvalue weighted by Crippen LogP contribution is 2.49. The monoisotopic (exact) mass is 531 g/mol. The summed E-state index contributed by atoms with van der Waals surface area (Å²) < 4.78 is 19.9. The number of carbonyl (C=O) groups excluding carboxylic acids is 2. The van der Waals surface area contributed by atoms with E-state index in [0.29, 0.717) is 39.7 Å². The summed E-state index contributed by atoms with van der Waals surface area (Å²) in [6.45, 7) is 0. The lowest BCUT2D eigenvalue weighted by Gasteiger charge is -2.24. The number of aromatic nitrogens is 1. The van der Waals surface area contributed by atoms with Gasteiger partial charge in [0, 0.05) is 40.8 Å². The zero-order valence-electron chi connectivity index (χ0n) is 21.2. The molecule has 1 N–H and O–H groups in total. The van der Waals surface area contributed by atoms with Gasteiger partial charge in [0.1, 0.15) is 23.0 Å². The average molecular weight is 532 g/mol. The molecule has 0 fully saturated rings. The first-order valence-electron chi connectivity index (χ1n) is 12.7. The number of Topliss-reactive ketones (excluding diaryl/α,β-unsaturated/α-hetero) is 1. The number of carboxylic acids is 1. The van der Waals surface area contributed by atoms with Crippen LogP contribution in [0.2, 0.25) is 0 Å². The molecular formula is C32H21NO7. The van der Waals surface area contributed by atoms with E-state index in [2.05, 4.69) is 0 Å². The lowest BCUT2D eigenvalue weighted by atomic mass is 9.88. The Labute approximate surface area is 227 Å². The van der Waals surface area contributed by atoms with E-state index >= 15 is 0 Å². The summed E-state index contributed by atoms with van der Waals surface area (Å²) in [7, 11) is 1.95. The highest BCUT2D eigenvalue weighted by molar-refractivity contribution is 6.15. The van der Waals surface area contributed by atoms with E-state index in [1.54, 1.807) is 42.5 Å². The molecule has 0 bridgehead atoms. The molecule has 0 amide bonds. The SMILES string of the molecule is Cn1cc(/C=C2\Oc3c(ccc4c3C(c3ccc(-c5ccc(C(=O)O)cc5)o3)CC(=O)O4)C2=O)c2ccccc21. The smallest absolute Gasteiger partial charge is 0.335 e. The number of aryl methyl sites for hydroxylation is 1. The van der Waals surface area contributed by atoms with Crippen molar-refractivity contribution >= 4 is 34.7 Å². The van der Waals surface area contributed by atoms with Gasteiger partial charge >= 0.3 is 11.9 Å². The van der Waals surface area contributed by atoms with Crippen molar-refractivity contribution in [1.82, 2.24) is 4.57 Å². The number of furan rings is 1. The molecule has 8 nitrogen and oxygen atoms in total. The maximum Gasteiger partial charge on any atom is 0.335 e. The zero-order chi connectivity index (χ0) is 27.5. The minimum absolute atomic E-state index is 0.00821. The van der Waals surface area contributed by atoms with Crippen LogP contribution in [0.4, 0.5) is 0 Å². The van der Waals surface area contributed by atoms with E-state index in [1.807, 2.05) is 42.1 Å². The summed E-state index contributed by atoms with van der Waals surface area (Å²) in [5.74, 6) is -0.326. The summed E-state index contributed by atoms with van der Waals surface area (Å²) >= 11 is 0. The Morgan fingerprint density at radius 3 is 2.58 bits per heavy atom. The van der Waals surface area contributed by atoms with Gasteiger partial charge in [-0.2, -0.15) is 0 Å². The number of allylic oxidation sites excluding steroid dienone is 1. The summed E-state index contributed by atoms with van der Waals surface area (Å²) in [5.41, 5.74) is 3.73. The molecule has 0 aliphatic carbocycles. The largest absolute Gasteiger partial charge is 0.478 e. The van der Waals surface area contributed by atoms with Crippen LogP contribution in [0, 0.1) is 0 Å². The van der Waals surface area contributed by atoms with E-state index in [0.717, 1.165) is 16.5 Å². The number of hydrogen-bond donors (Lipinski definition) is 1. The fourth-order valence-corrected chi connectivity index (χ4v) is 5.45. The van der Waals surface area contributed by atoms with Crippen molar-refractivity contribution in [3.63, 3.8) is 0 Å². The molecule has 0 saturated heterocycles. The van der Waals surface area contributed by atoms with Crippen LogP contribution in [-0.2, 0) is 11.8 Å². The average Bonchev–Trinajstić information content (AvgIpc) is 3.65. The van der Waals surface area contributed by atoms with Gasteiger partial charge in [0.2, 0.25) is 5.78 Å². The van der Waals surface area contributed by atoms with E-state index in [4.69, 9.17) is 13.9 Å². The number of nitrogens with zero attached hydrogens (tertiary/aromatic N) is 1. The number of hydrogen-bond acceptors (Lipinski definition) is 6. The summed E-state index contributed by atoms with van der Waals surface area (Å²) in [4.78, 5) is 37.2. The van der Waals surface area contributed by atoms with Crippen molar-refractivity contribution in [2.24, 2.45) is 7.05 Å². The van der Waals surface area contributed by atoms with Crippen molar-refractivity contribution < 1.29 is 33.4 Å². The van der Waals surface area contributed by atoms with E-state index in [9.17, 15) is 19.5 Å². The number of ketones is 1. The lowest BCUT2D eigenvalue weighted by molar-refractivity contribution is -0.135. The van der Waals surface area contributed by atoms with E-state index in [-0.39, 0.29) is 23.5 Å². The van der Waals surface area contributed by atoms with Gasteiger partial charge in [-0.15, -0.1) is 0 Å². The molecule has 2 aromatic heterocycles. The quantitative estimate of drug-likeness (QED) is 0.167. The number of rotatable bonds is 4. The van der Waals surface area contributed by atoms with Crippen LogP contribution in [0.25, 0.3) is 28.3 Å². The predicted molar refractivity (Wildman–Crippen MR) is 145 cm³/mol. The van der Waals surface area contributed by atoms with Gasteiger partial charge in [-0.05, 0) is 48.5 Å². The molecule has 3 aromatic carbocycles. The number of carboxylic acid groups (broad SMARTS) is 1. The van der Waals surface area contributed by atoms with Gasteiger partial charge in [0.15, 0.2) is 5.76 Å². The highest BCUT2D eigenvalue weighted by Gasteiger charge is 2.39. The molecule has 0 saturated carbocycles. The van der Waals surface area contributed by atoms with Crippen LogP contribution in [0.15, 0.2) is 89.2 Å². The fourth-order valence-electron chi connectivity index (χ4n) is 5.45. The minimum atomic E-state index is -1.01. The first-order chi connectivity index (χ1) is 19.4. The van der Waals surface area contributed by atoms with Gasteiger partial charge in [-0.1, -0.05) is 30.3 Å². The van der Waals surface area contributed by atoms with Crippen LogP contribution in [0.1, 0.15) is 49.9 Å². The molecule has 8 heteroatoms. The molecule has 1 unspecified atom stereocenters. The molecule has 1 atom stereocenters. The Morgan fingerprint density at radius 2 is 1.77 bits per heavy atom. The fraction of sp³-hybridized carbons (Fsp3) is 0.0938. The van der Waals surface area contributed by atoms with Crippen molar-refractivity contribution in [2.75, 3.05) is 0 Å². The second-order valence-corrected chi connectivity index (χ2v) is 9.82. The van der Waals surface area contributed by atoms with Crippen LogP contribution in [-0.4, -0.2) is 27.4 Å². The third-order valence-electron chi connectivity index (χ3n) is 7.38. The molecule has 40 heavy (non-hydrogen) atoms. The van der Waals surface area contributed by atoms with Crippen molar-refractivity contribution in [3.05, 3.63) is 113 Å². The van der Waals surface area contributed by atoms with Crippen LogP contribution < -0.4 is 9.47 Å². The van der Waals surface area contributed by atoms with Crippen LogP contribution in [0.3, 0.4) is 0 Å². The predicted octanol–water partition coefficient (Wildman–Crippen LogP) is 6.19. The normalized spacial score (nSPS) is 17.0. The standard InChI is InChI=1S/C32H21NO7/c1-33-16-19(20-4-2-3-5-23(20)33)14-27-30(35)21-10-11-26-29(31(21)40-27)22(15-28(34)39-26)25-13-12-24(38-25)17-6-8-18(9-7-17)32(36)37/h2-14,16,22H,15H2,1H3,(H,36,37)/b27-14-. The van der Waals surface area contributed by atoms with Crippen LogP contribution in [0.5, 0.6) is 11.5 Å². The van der Waals surface area contributed by atoms with Gasteiger partial charge in [-0.3, -0.25) is 9.59 Å². The van der Waals surface area contributed by atoms with E-state index in [1.165, 1.54) is 12.1 Å². The zero-order valence-corrected chi connectivity index (χ0v) is 21.2. The molecule has 2 aliphatic rings. The molecule has 0 radical (unpaired) electrons. The highest BCUT2D eigenvalue weighted by atomic mass is 16.5. The van der Waals surface area contributed by atoms with Crippen LogP contribution >= 0.6 is 0 Å². The number of fused-ring (bicyclic) bond motifs is 4. The number of benzene rings is 3. The molecule has 5 aromatic rings. The summed E-state index contributed by atoms with van der Waals surface area (Å²) in [6, 6.07) is 21.0. The molecule has 4 heterocycles. The number of para-hydroxylation sites is 1. The second-order valence-electron chi connectivity index (χ2n) is 9.82. The Bertz CT molecular complexity index is 1910. The molecular weight excluding hydrogens is 510 g/mol. The Morgan fingerprint density at radius 1 is 0.975 bits per heavy atom. The topological polar surface area (TPSA) is 108 Å². The molecule has 7 rings (SSSR count). The van der Waals surface area contributed by atoms with Crippen molar-refractivity contribution in [1.29, 1.82) is 0 Å². The summed E-state index contributed by atoms with van der Waals surface area (Å²) in [5, 5.41) is 10.2. The number of ether oxygens (including phenoxy) is 2. The van der Waals surface area contributed by atoms with Crippen molar-refractivity contribution in [2.45, 2.75) is 12.3 Å². The van der Waals surface area contributed by atoms with Gasteiger partial charge in [0.25, 0.3) is 0 Å². The van der Waals surface area contributed by atoms with Gasteiger partial charge in [-0.25, -0.2) is 4.79 Å². The maximum absolute atomic E-state index is 13.4. The number of aromatic carboxylic acids is 1. The minimum Gasteiger partial charge on any atom is -0.478 e. The Hall–Kier alpha value is -5.37. The Balaban J connectivity index is 1.28.